The Morgan fingerprint density at radius 1 is 1.33 bits per heavy atom. The first kappa shape index (κ1) is 18.6. The average Bonchev–Trinajstić information content (AvgIpc) is 2.54. The Balaban J connectivity index is 1.89. The van der Waals surface area contributed by atoms with Gasteiger partial charge in [0.15, 0.2) is 16.7 Å². The predicted octanol–water partition coefficient (Wildman–Crippen LogP) is 2.77. The van der Waals surface area contributed by atoms with Gasteiger partial charge in [0, 0.05) is 11.8 Å². The number of nitrogens with one attached hydrogen (secondary N) is 1. The van der Waals surface area contributed by atoms with Crippen LogP contribution in [0.5, 0.6) is 5.75 Å². The molecule has 6 nitrogen and oxygen atoms in total. The fourth-order valence-corrected chi connectivity index (χ4v) is 2.47. The second-order valence-electron chi connectivity index (χ2n) is 4.69. The van der Waals surface area contributed by atoms with E-state index in [4.69, 9.17) is 21.4 Å². The van der Waals surface area contributed by atoms with Crippen LogP contribution in [0.4, 0.5) is 14.7 Å². The van der Waals surface area contributed by atoms with Gasteiger partial charge in [-0.2, -0.15) is 19.3 Å². The van der Waals surface area contributed by atoms with Crippen LogP contribution in [0, 0.1) is 11.6 Å². The van der Waals surface area contributed by atoms with Gasteiger partial charge < -0.3 is 15.2 Å². The minimum Gasteiger partial charge on any atom is -0.490 e. The average molecular weight is 377 g/mol. The zero-order valence-corrected chi connectivity index (χ0v) is 14.2. The van der Waals surface area contributed by atoms with Crippen LogP contribution in [0.2, 0.25) is 5.28 Å². The molecule has 0 saturated carbocycles. The van der Waals surface area contributed by atoms with Crippen molar-refractivity contribution in [3.05, 3.63) is 35.1 Å². The second kappa shape index (κ2) is 8.95. The number of ether oxygens (including phenoxy) is 1. The highest BCUT2D eigenvalue weighted by molar-refractivity contribution is 7.99. The van der Waals surface area contributed by atoms with Crippen molar-refractivity contribution >= 4 is 29.3 Å². The van der Waals surface area contributed by atoms with Crippen molar-refractivity contribution in [1.82, 2.24) is 15.0 Å². The van der Waals surface area contributed by atoms with Gasteiger partial charge in [0.2, 0.25) is 17.0 Å². The van der Waals surface area contributed by atoms with Crippen molar-refractivity contribution in [3.8, 4) is 5.75 Å². The van der Waals surface area contributed by atoms with E-state index < -0.39 is 11.6 Å². The molecule has 0 spiro atoms. The normalized spacial score (nSPS) is 12.0. The molecule has 130 valence electrons. The zero-order chi connectivity index (χ0) is 17.5. The lowest BCUT2D eigenvalue weighted by Crippen LogP contribution is -2.21. The van der Waals surface area contributed by atoms with Crippen LogP contribution in [0.15, 0.2) is 23.4 Å². The summed E-state index contributed by atoms with van der Waals surface area (Å²) in [6.45, 7) is 1.80. The van der Waals surface area contributed by atoms with Gasteiger partial charge in [-0.05, 0) is 30.7 Å². The summed E-state index contributed by atoms with van der Waals surface area (Å²) in [4.78, 5) is 12.0. The largest absolute Gasteiger partial charge is 0.490 e. The fraction of sp³-hybridized carbons (Fsp3) is 0.357. The molecule has 0 fully saturated rings. The van der Waals surface area contributed by atoms with Gasteiger partial charge in [0.1, 0.15) is 0 Å². The van der Waals surface area contributed by atoms with E-state index in [0.717, 1.165) is 6.07 Å². The molecule has 1 atom stereocenters. The maximum atomic E-state index is 13.4. The van der Waals surface area contributed by atoms with E-state index in [2.05, 4.69) is 20.3 Å². The summed E-state index contributed by atoms with van der Waals surface area (Å²) < 4.78 is 31.7. The van der Waals surface area contributed by atoms with E-state index in [1.54, 1.807) is 6.92 Å². The van der Waals surface area contributed by atoms with E-state index in [1.165, 1.54) is 23.9 Å². The first-order valence-electron chi connectivity index (χ1n) is 6.98. The van der Waals surface area contributed by atoms with Crippen LogP contribution in [0.25, 0.3) is 0 Å². The minimum absolute atomic E-state index is 0.0113. The molecule has 24 heavy (non-hydrogen) atoms. The fourth-order valence-electron chi connectivity index (χ4n) is 1.61. The number of benzene rings is 1. The first-order valence-corrected chi connectivity index (χ1v) is 8.34. The summed E-state index contributed by atoms with van der Waals surface area (Å²) in [5.41, 5.74) is 0. The lowest BCUT2D eigenvalue weighted by atomic mass is 10.3. The highest BCUT2D eigenvalue weighted by Crippen LogP contribution is 2.21. The number of rotatable bonds is 8. The Bertz CT molecular complexity index is 696. The molecule has 2 rings (SSSR count). The number of hydrogen-bond donors (Lipinski definition) is 2. The van der Waals surface area contributed by atoms with E-state index in [1.807, 2.05) is 0 Å². The summed E-state index contributed by atoms with van der Waals surface area (Å²) in [6, 6.07) is 3.50. The number of aliphatic hydroxyl groups is 1. The zero-order valence-electron chi connectivity index (χ0n) is 12.7. The summed E-state index contributed by atoms with van der Waals surface area (Å²) in [5.74, 6) is -1.49. The molecule has 1 aromatic carbocycles. The van der Waals surface area contributed by atoms with Crippen LogP contribution < -0.4 is 10.1 Å². The second-order valence-corrected chi connectivity index (χ2v) is 6.09. The standard InChI is InChI=1S/C14H15ClF2N4O2S/c1-8(7-22)18-13-19-12(15)20-14(21-13)24-6-5-23-10-4-2-3-9(16)11(10)17/h2-4,8,22H,5-7H2,1H3,(H,18,19,20,21). The molecule has 0 saturated heterocycles. The molecule has 2 aromatic rings. The molecule has 0 aliphatic carbocycles. The number of hydrogen-bond acceptors (Lipinski definition) is 7. The molecule has 1 aromatic heterocycles. The number of aliphatic hydroxyl groups excluding tert-OH is 1. The van der Waals surface area contributed by atoms with Gasteiger partial charge in [-0.3, -0.25) is 0 Å². The van der Waals surface area contributed by atoms with Crippen molar-refractivity contribution < 1.29 is 18.6 Å². The summed E-state index contributed by atoms with van der Waals surface area (Å²) in [6.07, 6.45) is 0. The van der Waals surface area contributed by atoms with Gasteiger partial charge in [0.05, 0.1) is 13.2 Å². The lowest BCUT2D eigenvalue weighted by molar-refractivity contribution is 0.281. The molecule has 0 aliphatic heterocycles. The lowest BCUT2D eigenvalue weighted by Gasteiger charge is -2.11. The summed E-state index contributed by atoms with van der Waals surface area (Å²) in [5, 5.41) is 12.2. The van der Waals surface area contributed by atoms with Gasteiger partial charge >= 0.3 is 0 Å². The SMILES string of the molecule is CC(CO)Nc1nc(Cl)nc(SCCOc2cccc(F)c2F)n1. The van der Waals surface area contributed by atoms with Gasteiger partial charge in [-0.25, -0.2) is 4.39 Å². The van der Waals surface area contributed by atoms with E-state index in [-0.39, 0.29) is 36.2 Å². The van der Waals surface area contributed by atoms with Crippen molar-refractivity contribution in [2.45, 2.75) is 18.1 Å². The highest BCUT2D eigenvalue weighted by Gasteiger charge is 2.10. The molecule has 0 amide bonds. The van der Waals surface area contributed by atoms with E-state index in [0.29, 0.717) is 10.9 Å². The van der Waals surface area contributed by atoms with Crippen LogP contribution in [0.3, 0.4) is 0 Å². The van der Waals surface area contributed by atoms with Crippen molar-refractivity contribution in [2.75, 3.05) is 24.3 Å². The molecule has 2 N–H and O–H groups in total. The monoisotopic (exact) mass is 376 g/mol. The smallest absolute Gasteiger partial charge is 0.228 e. The van der Waals surface area contributed by atoms with E-state index >= 15 is 0 Å². The Morgan fingerprint density at radius 3 is 2.88 bits per heavy atom. The Hall–Kier alpha value is -1.71. The van der Waals surface area contributed by atoms with Gasteiger partial charge in [0.25, 0.3) is 0 Å². The third-order valence-corrected chi connectivity index (χ3v) is 3.71. The number of thioether (sulfide) groups is 1. The van der Waals surface area contributed by atoms with Crippen LogP contribution in [-0.4, -0.2) is 45.1 Å². The number of halogens is 3. The topological polar surface area (TPSA) is 80.2 Å². The molecule has 1 unspecified atom stereocenters. The van der Waals surface area contributed by atoms with Crippen LogP contribution in [0.1, 0.15) is 6.92 Å². The van der Waals surface area contributed by atoms with Crippen LogP contribution in [-0.2, 0) is 0 Å². The molecule has 1 heterocycles. The Labute approximate surface area is 146 Å². The van der Waals surface area contributed by atoms with Crippen LogP contribution >= 0.6 is 23.4 Å². The van der Waals surface area contributed by atoms with Crippen molar-refractivity contribution in [2.24, 2.45) is 0 Å². The maximum absolute atomic E-state index is 13.4. The number of nitrogens with zero attached hydrogens (tertiary/aromatic N) is 3. The minimum atomic E-state index is -1.02. The molecule has 0 bridgehead atoms. The van der Waals surface area contributed by atoms with Crippen molar-refractivity contribution in [3.63, 3.8) is 0 Å². The molecule has 0 aliphatic rings. The number of aromatic nitrogens is 3. The first-order chi connectivity index (χ1) is 11.5. The third-order valence-electron chi connectivity index (χ3n) is 2.73. The predicted molar refractivity (Wildman–Crippen MR) is 87.6 cm³/mol. The third kappa shape index (κ3) is 5.43. The van der Waals surface area contributed by atoms with Gasteiger partial charge in [-0.15, -0.1) is 0 Å². The number of anilines is 1. The quantitative estimate of drug-likeness (QED) is 0.541. The highest BCUT2D eigenvalue weighted by atomic mass is 35.5. The summed E-state index contributed by atoms with van der Waals surface area (Å²) in [7, 11) is 0. The Kier molecular flexibility index (Phi) is 6.95. The summed E-state index contributed by atoms with van der Waals surface area (Å²) >= 11 is 7.05. The molecule has 10 heteroatoms. The molecular formula is C14H15ClF2N4O2S. The Morgan fingerprint density at radius 2 is 2.12 bits per heavy atom. The molecule has 0 radical (unpaired) electrons. The molecular weight excluding hydrogens is 362 g/mol. The van der Waals surface area contributed by atoms with E-state index in [9.17, 15) is 8.78 Å². The van der Waals surface area contributed by atoms with Crippen molar-refractivity contribution in [1.29, 1.82) is 0 Å². The maximum Gasteiger partial charge on any atom is 0.228 e. The van der Waals surface area contributed by atoms with Gasteiger partial charge in [-0.1, -0.05) is 17.8 Å².